The number of ether oxygens (including phenoxy) is 1. The molecule has 1 N–H and O–H groups in total. The number of benzene rings is 1. The Kier molecular flexibility index (Phi) is 6.26. The Balaban J connectivity index is 2.08. The largest absolute Gasteiger partial charge is 0.496 e. The molecule has 2 rings (SSSR count). The minimum atomic E-state index is 0.102. The summed E-state index contributed by atoms with van der Waals surface area (Å²) in [6.07, 6.45) is 5.93. The van der Waals surface area contributed by atoms with Crippen LogP contribution in [0, 0.1) is 5.92 Å². The van der Waals surface area contributed by atoms with E-state index in [9.17, 15) is 4.79 Å². The zero-order chi connectivity index (χ0) is 16.8. The van der Waals surface area contributed by atoms with Gasteiger partial charge in [-0.3, -0.25) is 4.79 Å². The molecule has 0 saturated heterocycles. The van der Waals surface area contributed by atoms with Gasteiger partial charge in [-0.15, -0.1) is 0 Å². The van der Waals surface area contributed by atoms with Gasteiger partial charge in [0.2, 0.25) is 5.91 Å². The van der Waals surface area contributed by atoms with Crippen molar-refractivity contribution in [3.63, 3.8) is 0 Å². The SMILES string of the molecule is C=C1CCC(C(=O)Nc2ccc(C(CC)CC)c(OC)c2)CC1. The molecule has 1 saturated carbocycles. The second-order valence-corrected chi connectivity index (χ2v) is 6.48. The molecule has 3 nitrogen and oxygen atoms in total. The quantitative estimate of drug-likeness (QED) is 0.725. The average molecular weight is 315 g/mol. The molecule has 1 aromatic rings. The minimum absolute atomic E-state index is 0.102. The van der Waals surface area contributed by atoms with Gasteiger partial charge in [0, 0.05) is 17.7 Å². The highest BCUT2D eigenvalue weighted by Crippen LogP contribution is 2.34. The molecule has 126 valence electrons. The normalized spacial score (nSPS) is 15.7. The van der Waals surface area contributed by atoms with Crippen LogP contribution in [0.4, 0.5) is 5.69 Å². The zero-order valence-corrected chi connectivity index (χ0v) is 14.7. The first-order valence-corrected chi connectivity index (χ1v) is 8.74. The van der Waals surface area contributed by atoms with Gasteiger partial charge in [-0.1, -0.05) is 32.1 Å². The lowest BCUT2D eigenvalue weighted by molar-refractivity contribution is -0.120. The molecule has 0 radical (unpaired) electrons. The number of hydrogen-bond acceptors (Lipinski definition) is 2. The smallest absolute Gasteiger partial charge is 0.227 e. The van der Waals surface area contributed by atoms with Crippen LogP contribution in [0.3, 0.4) is 0 Å². The number of nitrogens with one attached hydrogen (secondary N) is 1. The summed E-state index contributed by atoms with van der Waals surface area (Å²) in [4.78, 5) is 12.4. The molecule has 0 aromatic heterocycles. The van der Waals surface area contributed by atoms with Gasteiger partial charge in [-0.05, 0) is 56.1 Å². The molecule has 0 heterocycles. The van der Waals surface area contributed by atoms with Gasteiger partial charge < -0.3 is 10.1 Å². The summed E-state index contributed by atoms with van der Waals surface area (Å²) >= 11 is 0. The van der Waals surface area contributed by atoms with Crippen molar-refractivity contribution in [2.24, 2.45) is 5.92 Å². The van der Waals surface area contributed by atoms with Crippen molar-refractivity contribution < 1.29 is 9.53 Å². The molecule has 1 amide bonds. The minimum Gasteiger partial charge on any atom is -0.496 e. The molecule has 0 unspecified atom stereocenters. The molecule has 23 heavy (non-hydrogen) atoms. The average Bonchev–Trinajstić information content (AvgIpc) is 2.57. The molecular formula is C20H29NO2. The molecule has 1 aromatic carbocycles. The van der Waals surface area contributed by atoms with Crippen molar-refractivity contribution in [2.45, 2.75) is 58.3 Å². The van der Waals surface area contributed by atoms with E-state index in [1.54, 1.807) is 7.11 Å². The molecule has 0 spiro atoms. The van der Waals surface area contributed by atoms with Gasteiger partial charge in [-0.2, -0.15) is 0 Å². The maximum Gasteiger partial charge on any atom is 0.227 e. The fraction of sp³-hybridized carbons (Fsp3) is 0.550. The van der Waals surface area contributed by atoms with Crippen LogP contribution in [0.2, 0.25) is 0 Å². The lowest BCUT2D eigenvalue weighted by Gasteiger charge is -2.23. The van der Waals surface area contributed by atoms with Crippen molar-refractivity contribution in [2.75, 3.05) is 12.4 Å². The second-order valence-electron chi connectivity index (χ2n) is 6.48. The van der Waals surface area contributed by atoms with Gasteiger partial charge in [0.15, 0.2) is 0 Å². The van der Waals surface area contributed by atoms with Crippen LogP contribution < -0.4 is 10.1 Å². The van der Waals surface area contributed by atoms with E-state index in [1.165, 1.54) is 11.1 Å². The van der Waals surface area contributed by atoms with Crippen LogP contribution in [-0.4, -0.2) is 13.0 Å². The Labute approximate surface area is 140 Å². The van der Waals surface area contributed by atoms with Gasteiger partial charge in [0.25, 0.3) is 0 Å². The van der Waals surface area contributed by atoms with Crippen molar-refractivity contribution in [1.82, 2.24) is 0 Å². The standard InChI is InChI=1S/C20H29NO2/c1-5-15(6-2)18-12-11-17(13-19(18)23-4)21-20(22)16-9-7-14(3)8-10-16/h11-13,15-16H,3,5-10H2,1-2,4H3,(H,21,22). The predicted molar refractivity (Wildman–Crippen MR) is 96.0 cm³/mol. The van der Waals surface area contributed by atoms with Crippen LogP contribution >= 0.6 is 0 Å². The maximum absolute atomic E-state index is 12.4. The molecule has 1 fully saturated rings. The van der Waals surface area contributed by atoms with E-state index in [0.717, 1.165) is 50.0 Å². The van der Waals surface area contributed by atoms with Crippen LogP contribution in [0.1, 0.15) is 63.9 Å². The lowest BCUT2D eigenvalue weighted by Crippen LogP contribution is -2.25. The predicted octanol–water partition coefficient (Wildman–Crippen LogP) is 5.28. The number of amides is 1. The summed E-state index contributed by atoms with van der Waals surface area (Å²) in [7, 11) is 1.69. The number of hydrogen-bond donors (Lipinski definition) is 1. The first-order chi connectivity index (χ1) is 11.1. The molecule has 1 aliphatic rings. The number of anilines is 1. The first kappa shape index (κ1) is 17.6. The van der Waals surface area contributed by atoms with E-state index in [0.29, 0.717) is 5.92 Å². The molecule has 1 aliphatic carbocycles. The first-order valence-electron chi connectivity index (χ1n) is 8.74. The highest BCUT2D eigenvalue weighted by atomic mass is 16.5. The van der Waals surface area contributed by atoms with Crippen LogP contribution in [-0.2, 0) is 4.79 Å². The number of rotatable bonds is 6. The van der Waals surface area contributed by atoms with E-state index in [2.05, 4.69) is 31.8 Å². The van der Waals surface area contributed by atoms with Crippen LogP contribution in [0.15, 0.2) is 30.4 Å². The van der Waals surface area contributed by atoms with Gasteiger partial charge >= 0.3 is 0 Å². The third kappa shape index (κ3) is 4.37. The van der Waals surface area contributed by atoms with Gasteiger partial charge in [0.05, 0.1) is 7.11 Å². The summed E-state index contributed by atoms with van der Waals surface area (Å²) in [5.74, 6) is 1.59. The third-order valence-corrected chi connectivity index (χ3v) is 4.99. The van der Waals surface area contributed by atoms with Gasteiger partial charge in [0.1, 0.15) is 5.75 Å². The number of carbonyl (C=O) groups is 1. The zero-order valence-electron chi connectivity index (χ0n) is 14.7. The van der Waals surface area contributed by atoms with Crippen molar-refractivity contribution in [1.29, 1.82) is 0 Å². The van der Waals surface area contributed by atoms with E-state index in [1.807, 2.05) is 12.1 Å². The Morgan fingerprint density at radius 2 is 1.96 bits per heavy atom. The molecule has 3 heteroatoms. The topological polar surface area (TPSA) is 38.3 Å². The summed E-state index contributed by atoms with van der Waals surface area (Å²) < 4.78 is 5.55. The second kappa shape index (κ2) is 8.19. The van der Waals surface area contributed by atoms with Crippen LogP contribution in [0.25, 0.3) is 0 Å². The molecule has 0 atom stereocenters. The number of allylic oxidation sites excluding steroid dienone is 1. The third-order valence-electron chi connectivity index (χ3n) is 4.99. The van der Waals surface area contributed by atoms with E-state index >= 15 is 0 Å². The summed E-state index contributed by atoms with van der Waals surface area (Å²) in [6, 6.07) is 6.04. The van der Waals surface area contributed by atoms with E-state index < -0.39 is 0 Å². The Morgan fingerprint density at radius 1 is 1.30 bits per heavy atom. The number of carbonyl (C=O) groups excluding carboxylic acids is 1. The summed E-state index contributed by atoms with van der Waals surface area (Å²) in [5, 5.41) is 3.05. The van der Waals surface area contributed by atoms with Crippen LogP contribution in [0.5, 0.6) is 5.75 Å². The molecular weight excluding hydrogens is 286 g/mol. The van der Waals surface area contributed by atoms with E-state index in [4.69, 9.17) is 4.74 Å². The fourth-order valence-corrected chi connectivity index (χ4v) is 3.39. The summed E-state index contributed by atoms with van der Waals surface area (Å²) in [6.45, 7) is 8.40. The summed E-state index contributed by atoms with van der Waals surface area (Å²) in [5.41, 5.74) is 3.32. The Bertz CT molecular complexity index is 551. The van der Waals surface area contributed by atoms with Gasteiger partial charge in [-0.25, -0.2) is 0 Å². The van der Waals surface area contributed by atoms with E-state index in [-0.39, 0.29) is 11.8 Å². The fourth-order valence-electron chi connectivity index (χ4n) is 3.39. The maximum atomic E-state index is 12.4. The number of methoxy groups -OCH3 is 1. The van der Waals surface area contributed by atoms with Crippen molar-refractivity contribution in [3.05, 3.63) is 35.9 Å². The highest BCUT2D eigenvalue weighted by molar-refractivity contribution is 5.92. The lowest BCUT2D eigenvalue weighted by atomic mass is 9.86. The molecule has 0 aliphatic heterocycles. The Hall–Kier alpha value is -1.77. The monoisotopic (exact) mass is 315 g/mol. The van der Waals surface area contributed by atoms with Crippen molar-refractivity contribution in [3.8, 4) is 5.75 Å². The Morgan fingerprint density at radius 3 is 2.52 bits per heavy atom. The van der Waals surface area contributed by atoms with Crippen molar-refractivity contribution >= 4 is 11.6 Å². The highest BCUT2D eigenvalue weighted by Gasteiger charge is 2.23. The molecule has 0 bridgehead atoms.